The van der Waals surface area contributed by atoms with Crippen molar-refractivity contribution in [2.24, 2.45) is 0 Å². The Hall–Kier alpha value is -1.58. The maximum Gasteiger partial charge on any atom is 0.344 e. The molecule has 0 aliphatic rings. The van der Waals surface area contributed by atoms with Gasteiger partial charge >= 0.3 is 11.9 Å². The van der Waals surface area contributed by atoms with Crippen molar-refractivity contribution in [3.05, 3.63) is 24.3 Å². The SMILES string of the molecule is CCCCCCCCC=CCCCCCCCCCCCCOC(=O)COC(=O)CCCCCCCC=CCCCCCCCC. The van der Waals surface area contributed by atoms with E-state index in [1.165, 1.54) is 161 Å². The summed E-state index contributed by atoms with van der Waals surface area (Å²) in [7, 11) is 0. The summed E-state index contributed by atoms with van der Waals surface area (Å²) in [4.78, 5) is 23.8. The molecule has 0 amide bonds. The van der Waals surface area contributed by atoms with Crippen LogP contribution in [0.2, 0.25) is 0 Å². The number of esters is 2. The van der Waals surface area contributed by atoms with Crippen LogP contribution in [-0.4, -0.2) is 25.2 Å². The molecule has 0 rings (SSSR count). The molecular weight excluding hydrogens is 568 g/mol. The zero-order valence-electron chi connectivity index (χ0n) is 31.0. The molecule has 0 radical (unpaired) electrons. The highest BCUT2D eigenvalue weighted by molar-refractivity contribution is 5.76. The molecule has 0 aromatic rings. The van der Waals surface area contributed by atoms with Gasteiger partial charge in [-0.3, -0.25) is 4.79 Å². The molecule has 46 heavy (non-hydrogen) atoms. The third-order valence-corrected chi connectivity index (χ3v) is 8.91. The Morgan fingerprint density at radius 1 is 0.370 bits per heavy atom. The van der Waals surface area contributed by atoms with E-state index in [1.807, 2.05) is 0 Å². The zero-order valence-corrected chi connectivity index (χ0v) is 31.0. The van der Waals surface area contributed by atoms with E-state index < -0.39 is 5.97 Å². The van der Waals surface area contributed by atoms with Crippen LogP contribution in [-0.2, 0) is 19.1 Å². The number of unbranched alkanes of at least 4 members (excludes halogenated alkanes) is 27. The van der Waals surface area contributed by atoms with Crippen LogP contribution >= 0.6 is 0 Å². The van der Waals surface area contributed by atoms with Crippen molar-refractivity contribution in [1.82, 2.24) is 0 Å². The van der Waals surface area contributed by atoms with Gasteiger partial charge in [-0.1, -0.05) is 173 Å². The number of carbonyl (C=O) groups excluding carboxylic acids is 2. The van der Waals surface area contributed by atoms with Gasteiger partial charge in [0.05, 0.1) is 6.61 Å². The van der Waals surface area contributed by atoms with Gasteiger partial charge in [-0.2, -0.15) is 0 Å². The third kappa shape index (κ3) is 38.6. The number of hydrogen-bond acceptors (Lipinski definition) is 4. The Kier molecular flexibility index (Phi) is 38.2. The molecule has 0 aliphatic carbocycles. The van der Waals surface area contributed by atoms with E-state index in [4.69, 9.17) is 9.47 Å². The molecule has 0 spiro atoms. The van der Waals surface area contributed by atoms with Crippen LogP contribution in [0.1, 0.15) is 219 Å². The van der Waals surface area contributed by atoms with Crippen LogP contribution in [0, 0.1) is 0 Å². The first-order chi connectivity index (χ1) is 22.7. The second kappa shape index (κ2) is 39.6. The van der Waals surface area contributed by atoms with E-state index in [2.05, 4.69) is 38.2 Å². The fourth-order valence-electron chi connectivity index (χ4n) is 5.84. The average molecular weight is 647 g/mol. The highest BCUT2D eigenvalue weighted by Crippen LogP contribution is 2.13. The number of hydrogen-bond donors (Lipinski definition) is 0. The van der Waals surface area contributed by atoms with Gasteiger partial charge in [0.25, 0.3) is 0 Å². The summed E-state index contributed by atoms with van der Waals surface area (Å²) in [5, 5.41) is 0. The molecule has 0 aliphatic heterocycles. The molecule has 4 nitrogen and oxygen atoms in total. The van der Waals surface area contributed by atoms with Gasteiger partial charge in [0.15, 0.2) is 6.61 Å². The molecule has 0 unspecified atom stereocenters. The predicted molar refractivity (Wildman–Crippen MR) is 199 cm³/mol. The minimum atomic E-state index is -0.425. The number of allylic oxidation sites excluding steroid dienone is 4. The van der Waals surface area contributed by atoms with Gasteiger partial charge in [-0.05, 0) is 64.2 Å². The zero-order chi connectivity index (χ0) is 33.4. The van der Waals surface area contributed by atoms with Gasteiger partial charge in [0.1, 0.15) is 0 Å². The lowest BCUT2D eigenvalue weighted by Crippen LogP contribution is -2.16. The summed E-state index contributed by atoms with van der Waals surface area (Å²) in [6.07, 6.45) is 49.2. The normalized spacial score (nSPS) is 11.6. The lowest BCUT2D eigenvalue weighted by Gasteiger charge is -2.06. The van der Waals surface area contributed by atoms with Crippen LogP contribution in [0.5, 0.6) is 0 Å². The second-order valence-electron chi connectivity index (χ2n) is 13.6. The first-order valence-corrected chi connectivity index (χ1v) is 20.3. The van der Waals surface area contributed by atoms with Crippen LogP contribution in [0.15, 0.2) is 24.3 Å². The van der Waals surface area contributed by atoms with E-state index in [1.54, 1.807) is 0 Å². The highest BCUT2D eigenvalue weighted by Gasteiger charge is 2.08. The second-order valence-corrected chi connectivity index (χ2v) is 13.6. The smallest absolute Gasteiger partial charge is 0.344 e. The maximum absolute atomic E-state index is 11.9. The molecule has 0 aromatic heterocycles. The van der Waals surface area contributed by atoms with E-state index in [-0.39, 0.29) is 12.6 Å². The molecule has 0 heterocycles. The van der Waals surface area contributed by atoms with Gasteiger partial charge < -0.3 is 9.47 Å². The lowest BCUT2D eigenvalue weighted by molar-refractivity contribution is -0.158. The molecule has 4 heteroatoms. The topological polar surface area (TPSA) is 52.6 Å². The summed E-state index contributed by atoms with van der Waals surface area (Å²) < 4.78 is 10.3. The lowest BCUT2D eigenvalue weighted by atomic mass is 10.1. The van der Waals surface area contributed by atoms with E-state index in [0.29, 0.717) is 13.0 Å². The highest BCUT2D eigenvalue weighted by atomic mass is 16.6. The van der Waals surface area contributed by atoms with E-state index in [0.717, 1.165) is 38.5 Å². The molecule has 0 saturated heterocycles. The van der Waals surface area contributed by atoms with Crippen LogP contribution in [0.25, 0.3) is 0 Å². The predicted octanol–water partition coefficient (Wildman–Crippen LogP) is 13.7. The molecule has 0 fully saturated rings. The molecular formula is C42H78O4. The summed E-state index contributed by atoms with van der Waals surface area (Å²) in [5.74, 6) is -0.712. The Labute approximate surface area is 287 Å². The Balaban J connectivity index is 3.31. The largest absolute Gasteiger partial charge is 0.463 e. The van der Waals surface area contributed by atoms with Gasteiger partial charge in [0, 0.05) is 6.42 Å². The molecule has 0 atom stereocenters. The molecule has 0 aromatic carbocycles. The minimum absolute atomic E-state index is 0.251. The average Bonchev–Trinajstić information content (AvgIpc) is 3.06. The van der Waals surface area contributed by atoms with Crippen molar-refractivity contribution in [2.45, 2.75) is 219 Å². The van der Waals surface area contributed by atoms with Crippen molar-refractivity contribution in [2.75, 3.05) is 13.2 Å². The summed E-state index contributed by atoms with van der Waals surface area (Å²) >= 11 is 0. The third-order valence-electron chi connectivity index (χ3n) is 8.91. The number of rotatable bonds is 37. The molecule has 270 valence electrons. The van der Waals surface area contributed by atoms with Crippen molar-refractivity contribution < 1.29 is 19.1 Å². The summed E-state index contributed by atoms with van der Waals surface area (Å²) in [5.41, 5.74) is 0. The Morgan fingerprint density at radius 2 is 0.696 bits per heavy atom. The summed E-state index contributed by atoms with van der Waals surface area (Å²) in [6, 6.07) is 0. The van der Waals surface area contributed by atoms with Crippen molar-refractivity contribution in [1.29, 1.82) is 0 Å². The standard InChI is InChI=1S/C42H78O4/c1-3-5-7-9-11-13-15-17-19-20-21-22-23-25-27-29-31-33-35-37-39-45-42(44)40-46-41(43)38-36-34-32-30-28-26-24-18-16-14-12-10-8-6-4-2/h17-19,24H,3-16,20-23,25-40H2,1-2H3. The molecule has 0 saturated carbocycles. The van der Waals surface area contributed by atoms with Gasteiger partial charge in [-0.15, -0.1) is 0 Å². The van der Waals surface area contributed by atoms with E-state index in [9.17, 15) is 9.59 Å². The Bertz CT molecular complexity index is 683. The first-order valence-electron chi connectivity index (χ1n) is 20.3. The van der Waals surface area contributed by atoms with Gasteiger partial charge in [0.2, 0.25) is 0 Å². The quantitative estimate of drug-likeness (QED) is 0.0383. The molecule has 0 bridgehead atoms. The first kappa shape index (κ1) is 44.4. The van der Waals surface area contributed by atoms with Crippen molar-refractivity contribution >= 4 is 11.9 Å². The van der Waals surface area contributed by atoms with Gasteiger partial charge in [-0.25, -0.2) is 4.79 Å². The van der Waals surface area contributed by atoms with Crippen molar-refractivity contribution in [3.63, 3.8) is 0 Å². The van der Waals surface area contributed by atoms with Crippen LogP contribution < -0.4 is 0 Å². The molecule has 0 N–H and O–H groups in total. The fourth-order valence-corrected chi connectivity index (χ4v) is 5.84. The number of ether oxygens (including phenoxy) is 2. The summed E-state index contributed by atoms with van der Waals surface area (Å²) in [6.45, 7) is 4.72. The monoisotopic (exact) mass is 647 g/mol. The van der Waals surface area contributed by atoms with Crippen molar-refractivity contribution in [3.8, 4) is 0 Å². The Morgan fingerprint density at radius 3 is 1.09 bits per heavy atom. The maximum atomic E-state index is 11.9. The van der Waals surface area contributed by atoms with E-state index >= 15 is 0 Å². The van der Waals surface area contributed by atoms with Crippen LogP contribution in [0.3, 0.4) is 0 Å². The minimum Gasteiger partial charge on any atom is -0.463 e. The van der Waals surface area contributed by atoms with Crippen LogP contribution in [0.4, 0.5) is 0 Å². The number of carbonyl (C=O) groups is 2. The fraction of sp³-hybridized carbons (Fsp3) is 0.857.